The van der Waals surface area contributed by atoms with Crippen LogP contribution in [0.25, 0.3) is 0 Å². The number of halogens is 4. The molecular weight excluding hydrogens is 204 g/mol. The maximum absolute atomic E-state index is 12.8. The summed E-state index contributed by atoms with van der Waals surface area (Å²) in [4.78, 5) is 20.2. The Kier molecular flexibility index (Phi) is 2.55. The van der Waals surface area contributed by atoms with Crippen molar-refractivity contribution < 1.29 is 27.2 Å². The van der Waals surface area contributed by atoms with E-state index in [1.165, 1.54) is 0 Å². The van der Waals surface area contributed by atoms with Gasteiger partial charge in [-0.1, -0.05) is 0 Å². The van der Waals surface area contributed by atoms with E-state index in [4.69, 9.17) is 0 Å². The predicted octanol–water partition coefficient (Wildman–Crippen LogP) is 1.87. The predicted molar refractivity (Wildman–Crippen MR) is 38.0 cm³/mol. The summed E-state index contributed by atoms with van der Waals surface area (Å²) in [7, 11) is 0. The lowest BCUT2D eigenvalue weighted by molar-refractivity contribution is -0.109. The van der Waals surface area contributed by atoms with Crippen LogP contribution in [0.15, 0.2) is 22.8 Å². The fourth-order valence-electron chi connectivity index (χ4n) is 1.06. The van der Waals surface area contributed by atoms with Crippen LogP contribution in [-0.2, 0) is 9.59 Å². The first-order valence-electron chi connectivity index (χ1n) is 3.51. The maximum atomic E-state index is 12.8. The number of aldehydes is 2. The minimum absolute atomic E-state index is 0.190. The number of hydrogen-bond donors (Lipinski definition) is 0. The van der Waals surface area contributed by atoms with Crippen LogP contribution in [0.4, 0.5) is 17.6 Å². The van der Waals surface area contributed by atoms with Crippen molar-refractivity contribution >= 4 is 12.6 Å². The van der Waals surface area contributed by atoms with Gasteiger partial charge in [0.2, 0.25) is 0 Å². The molecule has 0 heterocycles. The Balaban J connectivity index is 3.36. The van der Waals surface area contributed by atoms with Gasteiger partial charge in [-0.15, -0.1) is 0 Å². The molecule has 0 fully saturated rings. The molecule has 0 amide bonds. The standard InChI is InChI=1S/C8H4F4O2/c9-6-4(2-13)1-8(11,12)5(3-14)7(6)10/h2-3H,1H2. The van der Waals surface area contributed by atoms with E-state index in [2.05, 4.69) is 0 Å². The van der Waals surface area contributed by atoms with Gasteiger partial charge in [0.15, 0.2) is 17.9 Å². The Hall–Kier alpha value is -1.46. The molecule has 0 atom stereocenters. The van der Waals surface area contributed by atoms with Crippen molar-refractivity contribution in [2.75, 3.05) is 0 Å². The highest BCUT2D eigenvalue weighted by Gasteiger charge is 2.43. The van der Waals surface area contributed by atoms with Crippen LogP contribution in [0.2, 0.25) is 0 Å². The third kappa shape index (κ3) is 1.47. The number of carbonyl (C=O) groups is 2. The van der Waals surface area contributed by atoms with Gasteiger partial charge in [-0.3, -0.25) is 9.59 Å². The van der Waals surface area contributed by atoms with Gasteiger partial charge in [0, 0.05) is 12.0 Å². The fourth-order valence-corrected chi connectivity index (χ4v) is 1.06. The normalized spacial score (nSPS) is 21.1. The summed E-state index contributed by atoms with van der Waals surface area (Å²) < 4.78 is 51.2. The molecule has 0 aromatic heterocycles. The average molecular weight is 208 g/mol. The molecule has 1 aliphatic carbocycles. The molecular formula is C8H4F4O2. The molecule has 1 aliphatic rings. The third-order valence-corrected chi connectivity index (χ3v) is 1.78. The largest absolute Gasteiger partial charge is 0.298 e. The van der Waals surface area contributed by atoms with Gasteiger partial charge in [-0.05, 0) is 0 Å². The highest BCUT2D eigenvalue weighted by atomic mass is 19.3. The molecule has 2 nitrogen and oxygen atoms in total. The van der Waals surface area contributed by atoms with Gasteiger partial charge in [0.1, 0.15) is 6.29 Å². The highest BCUT2D eigenvalue weighted by molar-refractivity contribution is 5.84. The van der Waals surface area contributed by atoms with E-state index in [1.807, 2.05) is 0 Å². The Morgan fingerprint density at radius 1 is 1.07 bits per heavy atom. The Bertz CT molecular complexity index is 354. The lowest BCUT2D eigenvalue weighted by atomic mass is 9.94. The number of carbonyl (C=O) groups excluding carboxylic acids is 2. The zero-order chi connectivity index (χ0) is 10.9. The molecule has 76 valence electrons. The molecule has 6 heteroatoms. The third-order valence-electron chi connectivity index (χ3n) is 1.78. The quantitative estimate of drug-likeness (QED) is 0.512. The zero-order valence-electron chi connectivity index (χ0n) is 6.69. The first-order chi connectivity index (χ1) is 6.44. The molecule has 0 saturated heterocycles. The van der Waals surface area contributed by atoms with Gasteiger partial charge in [-0.2, -0.15) is 0 Å². The minimum Gasteiger partial charge on any atom is -0.298 e. The average Bonchev–Trinajstić information content (AvgIpc) is 2.12. The number of hydrogen-bond acceptors (Lipinski definition) is 2. The van der Waals surface area contributed by atoms with Crippen molar-refractivity contribution in [1.82, 2.24) is 0 Å². The zero-order valence-corrected chi connectivity index (χ0v) is 6.69. The molecule has 1 rings (SSSR count). The first kappa shape index (κ1) is 10.6. The summed E-state index contributed by atoms with van der Waals surface area (Å²) in [6.45, 7) is 0. The summed E-state index contributed by atoms with van der Waals surface area (Å²) in [6.07, 6.45) is -1.93. The number of rotatable bonds is 2. The fraction of sp³-hybridized carbons (Fsp3) is 0.250. The van der Waals surface area contributed by atoms with Crippen LogP contribution >= 0.6 is 0 Å². The van der Waals surface area contributed by atoms with E-state index in [9.17, 15) is 27.2 Å². The van der Waals surface area contributed by atoms with Crippen molar-refractivity contribution in [2.45, 2.75) is 12.3 Å². The molecule has 0 aromatic rings. The van der Waals surface area contributed by atoms with Crippen LogP contribution in [-0.4, -0.2) is 18.5 Å². The molecule has 0 aromatic carbocycles. The lowest BCUT2D eigenvalue weighted by Gasteiger charge is -2.21. The molecule has 0 saturated carbocycles. The summed E-state index contributed by atoms with van der Waals surface area (Å²) in [5.41, 5.74) is -2.53. The van der Waals surface area contributed by atoms with E-state index >= 15 is 0 Å². The molecule has 14 heavy (non-hydrogen) atoms. The molecule has 0 bridgehead atoms. The molecule has 0 N–H and O–H groups in total. The van der Waals surface area contributed by atoms with Crippen molar-refractivity contribution in [2.24, 2.45) is 0 Å². The van der Waals surface area contributed by atoms with Crippen LogP contribution in [0, 0.1) is 0 Å². The highest BCUT2D eigenvalue weighted by Crippen LogP contribution is 2.40. The SMILES string of the molecule is O=CC1=C(F)C(F)=C(C=O)C(F)(F)C1. The van der Waals surface area contributed by atoms with Gasteiger partial charge in [0.05, 0.1) is 5.57 Å². The van der Waals surface area contributed by atoms with Crippen molar-refractivity contribution in [1.29, 1.82) is 0 Å². The second-order valence-corrected chi connectivity index (χ2v) is 2.68. The Morgan fingerprint density at radius 2 is 1.64 bits per heavy atom. The number of allylic oxidation sites excluding steroid dienone is 4. The summed E-state index contributed by atoms with van der Waals surface area (Å²) in [6, 6.07) is 0. The summed E-state index contributed by atoms with van der Waals surface area (Å²) >= 11 is 0. The topological polar surface area (TPSA) is 34.1 Å². The Labute approximate surface area is 75.9 Å². The monoisotopic (exact) mass is 208 g/mol. The van der Waals surface area contributed by atoms with E-state index < -0.39 is 41.4 Å². The van der Waals surface area contributed by atoms with Gasteiger partial charge in [0.25, 0.3) is 5.92 Å². The summed E-state index contributed by atoms with van der Waals surface area (Å²) in [5.74, 6) is -7.47. The molecule has 0 radical (unpaired) electrons. The second kappa shape index (κ2) is 3.36. The smallest absolute Gasteiger partial charge is 0.283 e. The first-order valence-corrected chi connectivity index (χ1v) is 3.51. The molecule has 0 spiro atoms. The second-order valence-electron chi connectivity index (χ2n) is 2.68. The summed E-state index contributed by atoms with van der Waals surface area (Å²) in [5, 5.41) is 0. The van der Waals surface area contributed by atoms with Crippen LogP contribution in [0.5, 0.6) is 0 Å². The van der Waals surface area contributed by atoms with E-state index in [0.717, 1.165) is 0 Å². The minimum atomic E-state index is -3.82. The lowest BCUT2D eigenvalue weighted by Crippen LogP contribution is -2.26. The molecule has 0 aliphatic heterocycles. The van der Waals surface area contributed by atoms with Gasteiger partial charge in [-0.25, -0.2) is 17.6 Å². The van der Waals surface area contributed by atoms with Gasteiger partial charge < -0.3 is 0 Å². The van der Waals surface area contributed by atoms with E-state index in [1.54, 1.807) is 0 Å². The van der Waals surface area contributed by atoms with Gasteiger partial charge >= 0.3 is 0 Å². The van der Waals surface area contributed by atoms with Crippen molar-refractivity contribution in [3.63, 3.8) is 0 Å². The van der Waals surface area contributed by atoms with E-state index in [0.29, 0.717) is 0 Å². The van der Waals surface area contributed by atoms with Crippen molar-refractivity contribution in [3.8, 4) is 0 Å². The van der Waals surface area contributed by atoms with Crippen LogP contribution in [0.1, 0.15) is 6.42 Å². The molecule has 0 unspecified atom stereocenters. The maximum Gasteiger partial charge on any atom is 0.283 e. The Morgan fingerprint density at radius 3 is 2.07 bits per heavy atom. The van der Waals surface area contributed by atoms with Crippen LogP contribution in [0.3, 0.4) is 0 Å². The van der Waals surface area contributed by atoms with E-state index in [-0.39, 0.29) is 6.29 Å². The number of alkyl halides is 2. The van der Waals surface area contributed by atoms with Crippen molar-refractivity contribution in [3.05, 3.63) is 22.8 Å². The van der Waals surface area contributed by atoms with Crippen LogP contribution < -0.4 is 0 Å².